The fourth-order valence-electron chi connectivity index (χ4n) is 4.94. The number of pyridine rings is 1. The number of hydrogen-bond donors (Lipinski definition) is 2. The number of likely N-dealkylation sites (tertiary alicyclic amines) is 1. The number of carbonyl (C=O) groups is 1. The van der Waals surface area contributed by atoms with Crippen molar-refractivity contribution in [2.75, 3.05) is 25.9 Å². The number of methoxy groups -OCH3 is 1. The number of amides is 1. The Balaban J connectivity index is 1.43. The van der Waals surface area contributed by atoms with Crippen molar-refractivity contribution in [2.24, 2.45) is 0 Å². The summed E-state index contributed by atoms with van der Waals surface area (Å²) < 4.78 is 90.0. The molecule has 216 valence electrons. The van der Waals surface area contributed by atoms with Gasteiger partial charge in [-0.2, -0.15) is 18.3 Å². The molecule has 0 aliphatic carbocycles. The molecule has 0 unspecified atom stereocenters. The maximum Gasteiger partial charge on any atom is 0.418 e. The van der Waals surface area contributed by atoms with E-state index in [2.05, 4.69) is 20.4 Å². The molecule has 3 aromatic heterocycles. The number of nitrogens with one attached hydrogen (secondary N) is 1. The first-order valence-corrected chi connectivity index (χ1v) is 12.3. The fourth-order valence-corrected chi connectivity index (χ4v) is 4.94. The lowest BCUT2D eigenvalue weighted by molar-refractivity contribution is -0.136. The Hall–Kier alpha value is -4.40. The molecule has 0 radical (unpaired) electrons. The normalized spacial score (nSPS) is 18.5. The van der Waals surface area contributed by atoms with Crippen LogP contribution in [0.25, 0.3) is 16.8 Å². The van der Waals surface area contributed by atoms with Crippen LogP contribution in [0.5, 0.6) is 5.88 Å². The van der Waals surface area contributed by atoms with Crippen LogP contribution >= 0.6 is 0 Å². The molecule has 1 saturated heterocycles. The largest absolute Gasteiger partial charge is 0.480 e. The van der Waals surface area contributed by atoms with Gasteiger partial charge in [0.25, 0.3) is 5.91 Å². The fraction of sp³-hybridized carbons (Fsp3) is 0.308. The number of anilines is 1. The number of alkyl halides is 4. The van der Waals surface area contributed by atoms with Crippen LogP contribution in [0.3, 0.4) is 0 Å². The SMILES string of the molecule is COc1ncc(-c2cc(C(F)(F)F)c3c(N)ncnn23)cc1C(=O)N[C@@H]1CN([C@H](C)c2ccc(F)cc2F)C[C@@H]1F. The van der Waals surface area contributed by atoms with Crippen LogP contribution in [0.1, 0.15) is 34.5 Å². The third kappa shape index (κ3) is 5.24. The highest BCUT2D eigenvalue weighted by Crippen LogP contribution is 2.39. The number of ether oxygens (including phenoxy) is 1. The van der Waals surface area contributed by atoms with Crippen molar-refractivity contribution in [3.05, 3.63) is 71.2 Å². The summed E-state index contributed by atoms with van der Waals surface area (Å²) in [6.45, 7) is 1.52. The van der Waals surface area contributed by atoms with E-state index >= 15 is 4.39 Å². The van der Waals surface area contributed by atoms with E-state index in [4.69, 9.17) is 10.5 Å². The molecule has 1 aliphatic heterocycles. The average Bonchev–Trinajstić information content (AvgIpc) is 3.49. The number of nitrogens with zero attached hydrogens (tertiary/aromatic N) is 5. The predicted molar refractivity (Wildman–Crippen MR) is 135 cm³/mol. The van der Waals surface area contributed by atoms with Gasteiger partial charge in [0, 0.05) is 42.5 Å². The lowest BCUT2D eigenvalue weighted by Gasteiger charge is -2.25. The van der Waals surface area contributed by atoms with E-state index in [-0.39, 0.29) is 41.4 Å². The van der Waals surface area contributed by atoms with Gasteiger partial charge >= 0.3 is 6.18 Å². The van der Waals surface area contributed by atoms with Crippen LogP contribution < -0.4 is 15.8 Å². The maximum absolute atomic E-state index is 15.0. The van der Waals surface area contributed by atoms with E-state index in [9.17, 15) is 26.7 Å². The molecule has 9 nitrogen and oxygen atoms in total. The number of aromatic nitrogens is 4. The third-order valence-corrected chi connectivity index (χ3v) is 7.03. The Morgan fingerprint density at radius 2 is 1.93 bits per heavy atom. The minimum atomic E-state index is -4.78. The molecule has 3 atom stereocenters. The van der Waals surface area contributed by atoms with Crippen molar-refractivity contribution < 1.29 is 35.9 Å². The zero-order valence-electron chi connectivity index (χ0n) is 21.6. The van der Waals surface area contributed by atoms with Gasteiger partial charge in [0.2, 0.25) is 5.88 Å². The molecule has 41 heavy (non-hydrogen) atoms. The minimum absolute atomic E-state index is 0.00873. The smallest absolute Gasteiger partial charge is 0.418 e. The van der Waals surface area contributed by atoms with E-state index in [1.54, 1.807) is 11.8 Å². The molecular formula is C26H23F6N7O2. The first-order chi connectivity index (χ1) is 19.4. The number of halogens is 6. The molecule has 1 amide bonds. The van der Waals surface area contributed by atoms with Crippen molar-refractivity contribution in [3.63, 3.8) is 0 Å². The number of rotatable bonds is 6. The molecule has 4 aromatic rings. The quantitative estimate of drug-likeness (QED) is 0.330. The van der Waals surface area contributed by atoms with E-state index in [0.717, 1.165) is 29.0 Å². The highest BCUT2D eigenvalue weighted by Gasteiger charge is 2.39. The summed E-state index contributed by atoms with van der Waals surface area (Å²) in [5, 5.41) is 6.46. The number of carbonyl (C=O) groups excluding carboxylic acids is 1. The average molecular weight is 580 g/mol. The molecule has 5 rings (SSSR count). The van der Waals surface area contributed by atoms with E-state index in [0.29, 0.717) is 0 Å². The number of nitrogens with two attached hydrogens (primary N) is 1. The summed E-state index contributed by atoms with van der Waals surface area (Å²) in [6.07, 6.45) is -4.12. The topological polar surface area (TPSA) is 111 Å². The third-order valence-electron chi connectivity index (χ3n) is 7.03. The van der Waals surface area contributed by atoms with Crippen LogP contribution in [0, 0.1) is 11.6 Å². The highest BCUT2D eigenvalue weighted by atomic mass is 19.4. The zero-order valence-corrected chi connectivity index (χ0v) is 21.6. The van der Waals surface area contributed by atoms with Gasteiger partial charge < -0.3 is 15.8 Å². The first kappa shape index (κ1) is 28.1. The molecule has 1 aliphatic rings. The summed E-state index contributed by atoms with van der Waals surface area (Å²) in [6, 6.07) is 3.56. The second-order valence-electron chi connectivity index (χ2n) is 9.52. The van der Waals surface area contributed by atoms with Gasteiger partial charge in [0.1, 0.15) is 35.2 Å². The molecule has 1 aromatic carbocycles. The van der Waals surface area contributed by atoms with Gasteiger partial charge in [-0.05, 0) is 25.1 Å². The lowest BCUT2D eigenvalue weighted by atomic mass is 10.1. The van der Waals surface area contributed by atoms with Gasteiger partial charge in [-0.3, -0.25) is 9.69 Å². The van der Waals surface area contributed by atoms with Crippen LogP contribution in [0.15, 0.2) is 42.9 Å². The summed E-state index contributed by atoms with van der Waals surface area (Å²) in [4.78, 5) is 22.6. The lowest BCUT2D eigenvalue weighted by Crippen LogP contribution is -2.41. The monoisotopic (exact) mass is 579 g/mol. The standard InChI is InChI=1S/C26H23F6N7O2/c1-12(15-4-3-14(27)6-18(15)28)38-9-19(29)20(10-38)37-24(40)16-5-13(8-34-25(16)41-2)21-7-17(26(30,31)32)22-23(33)35-11-36-39(21)22/h3-8,11-12,19-20H,9-10H2,1-2H3,(H,37,40)(H2,33,35,36)/t12-,19+,20-/m1/s1. The van der Waals surface area contributed by atoms with Crippen LogP contribution in [-0.2, 0) is 6.18 Å². The molecule has 0 spiro atoms. The molecule has 0 bridgehead atoms. The second kappa shape index (κ2) is 10.5. The Kier molecular flexibility index (Phi) is 7.23. The molecule has 0 saturated carbocycles. The summed E-state index contributed by atoms with van der Waals surface area (Å²) in [5.41, 5.74) is 4.17. The Bertz CT molecular complexity index is 1630. The first-order valence-electron chi connectivity index (χ1n) is 12.3. The number of hydrogen-bond acceptors (Lipinski definition) is 7. The number of nitrogen functional groups attached to an aromatic ring is 1. The minimum Gasteiger partial charge on any atom is -0.480 e. The zero-order chi connectivity index (χ0) is 29.6. The Morgan fingerprint density at radius 3 is 2.61 bits per heavy atom. The predicted octanol–water partition coefficient (Wildman–Crippen LogP) is 4.19. The molecule has 4 heterocycles. The van der Waals surface area contributed by atoms with Gasteiger partial charge in [0.05, 0.1) is 24.4 Å². The summed E-state index contributed by atoms with van der Waals surface area (Å²) in [5.74, 6) is -2.85. The highest BCUT2D eigenvalue weighted by molar-refractivity contribution is 5.98. The molecule has 1 fully saturated rings. The van der Waals surface area contributed by atoms with Crippen LogP contribution in [0.4, 0.5) is 32.2 Å². The van der Waals surface area contributed by atoms with E-state index in [1.807, 2.05) is 0 Å². The van der Waals surface area contributed by atoms with Gasteiger partial charge in [0.15, 0.2) is 5.82 Å². The number of benzene rings is 1. The molecule has 15 heteroatoms. The second-order valence-corrected chi connectivity index (χ2v) is 9.52. The van der Waals surface area contributed by atoms with Crippen molar-refractivity contribution in [3.8, 4) is 17.1 Å². The van der Waals surface area contributed by atoms with E-state index < -0.39 is 58.9 Å². The summed E-state index contributed by atoms with van der Waals surface area (Å²) >= 11 is 0. The van der Waals surface area contributed by atoms with Crippen molar-refractivity contribution in [1.29, 1.82) is 0 Å². The molecule has 3 N–H and O–H groups in total. The van der Waals surface area contributed by atoms with Crippen molar-refractivity contribution in [2.45, 2.75) is 31.4 Å². The maximum atomic E-state index is 15.0. The Labute approximate surface area is 228 Å². The van der Waals surface area contributed by atoms with Gasteiger partial charge in [-0.25, -0.2) is 27.7 Å². The molecular weight excluding hydrogens is 556 g/mol. The van der Waals surface area contributed by atoms with Gasteiger partial charge in [-0.15, -0.1) is 0 Å². The van der Waals surface area contributed by atoms with Crippen molar-refractivity contribution in [1.82, 2.24) is 29.8 Å². The number of fused-ring (bicyclic) bond motifs is 1. The van der Waals surface area contributed by atoms with Crippen molar-refractivity contribution >= 4 is 17.2 Å². The van der Waals surface area contributed by atoms with Crippen LogP contribution in [0.2, 0.25) is 0 Å². The van der Waals surface area contributed by atoms with Crippen LogP contribution in [-0.4, -0.2) is 62.8 Å². The van der Waals surface area contributed by atoms with E-state index in [1.165, 1.54) is 25.4 Å². The van der Waals surface area contributed by atoms with Gasteiger partial charge in [-0.1, -0.05) is 6.07 Å². The Morgan fingerprint density at radius 1 is 1.17 bits per heavy atom. The summed E-state index contributed by atoms with van der Waals surface area (Å²) in [7, 11) is 1.25.